The minimum atomic E-state index is -3.16. The molecular formula is C11H13BrF2O. The molecule has 1 aromatic carbocycles. The van der Waals surface area contributed by atoms with E-state index in [-0.39, 0.29) is 5.56 Å². The van der Waals surface area contributed by atoms with E-state index in [1.165, 1.54) is 12.1 Å². The molecule has 0 saturated heterocycles. The van der Waals surface area contributed by atoms with Gasteiger partial charge in [-0.25, -0.2) is 0 Å². The molecule has 0 saturated carbocycles. The molecule has 0 bridgehead atoms. The highest BCUT2D eigenvalue weighted by molar-refractivity contribution is 9.10. The molecule has 0 radical (unpaired) electrons. The molecule has 1 rings (SSSR count). The zero-order chi connectivity index (χ0) is 11.5. The molecule has 0 amide bonds. The Morgan fingerprint density at radius 1 is 1.40 bits per heavy atom. The van der Waals surface area contributed by atoms with Gasteiger partial charge in [-0.2, -0.15) is 8.78 Å². The summed E-state index contributed by atoms with van der Waals surface area (Å²) >= 11 is 3.25. The quantitative estimate of drug-likeness (QED) is 0.894. The largest absolute Gasteiger partial charge is 0.390 e. The van der Waals surface area contributed by atoms with E-state index in [4.69, 9.17) is 5.11 Å². The van der Waals surface area contributed by atoms with Gasteiger partial charge in [0.2, 0.25) is 0 Å². The lowest BCUT2D eigenvalue weighted by Gasteiger charge is -2.15. The summed E-state index contributed by atoms with van der Waals surface area (Å²) in [6.45, 7) is 0.870. The van der Waals surface area contributed by atoms with Gasteiger partial charge in [-0.1, -0.05) is 41.4 Å². The maximum Gasteiger partial charge on any atom is 0.295 e. The molecular weight excluding hydrogens is 266 g/mol. The molecule has 1 nitrogen and oxygen atoms in total. The molecule has 1 N–H and O–H groups in total. The highest BCUT2D eigenvalue weighted by atomic mass is 79.9. The van der Waals surface area contributed by atoms with Crippen LogP contribution in [0.4, 0.5) is 8.78 Å². The lowest BCUT2D eigenvalue weighted by molar-refractivity contribution is -0.0556. The first-order valence-corrected chi connectivity index (χ1v) is 5.58. The Morgan fingerprint density at radius 3 is 2.53 bits per heavy atom. The summed E-state index contributed by atoms with van der Waals surface area (Å²) in [6, 6.07) is 4.42. The van der Waals surface area contributed by atoms with E-state index in [9.17, 15) is 8.78 Å². The van der Waals surface area contributed by atoms with Gasteiger partial charge in [0.05, 0.1) is 0 Å². The van der Waals surface area contributed by atoms with Crippen LogP contribution in [0.15, 0.2) is 22.7 Å². The fraction of sp³-hybridized carbons (Fsp3) is 0.455. The molecule has 0 aliphatic carbocycles. The van der Waals surface area contributed by atoms with Gasteiger partial charge < -0.3 is 5.11 Å². The van der Waals surface area contributed by atoms with Crippen molar-refractivity contribution in [1.29, 1.82) is 0 Å². The zero-order valence-electron chi connectivity index (χ0n) is 8.43. The van der Waals surface area contributed by atoms with E-state index >= 15 is 0 Å². The van der Waals surface area contributed by atoms with Crippen LogP contribution in [0.25, 0.3) is 0 Å². The Labute approximate surface area is 96.2 Å². The molecule has 15 heavy (non-hydrogen) atoms. The van der Waals surface area contributed by atoms with E-state index in [0.717, 1.165) is 18.4 Å². The number of aryl methyl sites for hydroxylation is 1. The standard InChI is InChI=1S/C11H13BrF2O/c1-2-3-8-4-5-9(6-10(8)12)11(13,14)7-15/h4-6,15H,2-3,7H2,1H3. The minimum absolute atomic E-state index is 0.156. The summed E-state index contributed by atoms with van der Waals surface area (Å²) < 4.78 is 26.9. The number of aliphatic hydroxyl groups excluding tert-OH is 1. The van der Waals surface area contributed by atoms with Gasteiger partial charge in [-0.05, 0) is 18.1 Å². The van der Waals surface area contributed by atoms with Crippen molar-refractivity contribution in [1.82, 2.24) is 0 Å². The van der Waals surface area contributed by atoms with Gasteiger partial charge >= 0.3 is 0 Å². The summed E-state index contributed by atoms with van der Waals surface area (Å²) in [7, 11) is 0. The SMILES string of the molecule is CCCc1ccc(C(F)(F)CO)cc1Br. The third-order valence-corrected chi connectivity index (χ3v) is 2.93. The Morgan fingerprint density at radius 2 is 2.07 bits per heavy atom. The average Bonchev–Trinajstić information content (AvgIpc) is 2.21. The van der Waals surface area contributed by atoms with Crippen molar-refractivity contribution in [2.45, 2.75) is 25.7 Å². The summed E-state index contributed by atoms with van der Waals surface area (Å²) in [4.78, 5) is 0. The Hall–Kier alpha value is -0.480. The number of hydrogen-bond donors (Lipinski definition) is 1. The van der Waals surface area contributed by atoms with Crippen LogP contribution in [0.3, 0.4) is 0 Å². The summed E-state index contributed by atoms with van der Waals surface area (Å²) in [5.41, 5.74) is 0.853. The third-order valence-electron chi connectivity index (χ3n) is 2.19. The minimum Gasteiger partial charge on any atom is -0.390 e. The van der Waals surface area contributed by atoms with Gasteiger partial charge in [0.1, 0.15) is 6.61 Å². The predicted octanol–water partition coefficient (Wildman–Crippen LogP) is 3.49. The van der Waals surface area contributed by atoms with Crippen LogP contribution in [-0.2, 0) is 12.3 Å². The van der Waals surface area contributed by atoms with Crippen molar-refractivity contribution in [3.05, 3.63) is 33.8 Å². The molecule has 0 spiro atoms. The first-order chi connectivity index (χ1) is 7.01. The molecule has 0 unspecified atom stereocenters. The second-order valence-electron chi connectivity index (χ2n) is 3.42. The molecule has 84 valence electrons. The maximum atomic E-state index is 13.1. The van der Waals surface area contributed by atoms with E-state index in [1.807, 2.05) is 6.92 Å². The number of aliphatic hydroxyl groups is 1. The molecule has 1 aromatic rings. The number of benzene rings is 1. The average molecular weight is 279 g/mol. The van der Waals surface area contributed by atoms with Crippen molar-refractivity contribution in [3.63, 3.8) is 0 Å². The lowest BCUT2D eigenvalue weighted by Crippen LogP contribution is -2.18. The first-order valence-electron chi connectivity index (χ1n) is 4.79. The van der Waals surface area contributed by atoms with Gasteiger partial charge in [0.15, 0.2) is 0 Å². The Kier molecular flexibility index (Phi) is 4.22. The van der Waals surface area contributed by atoms with E-state index in [2.05, 4.69) is 15.9 Å². The van der Waals surface area contributed by atoms with Crippen LogP contribution in [0, 0.1) is 0 Å². The van der Waals surface area contributed by atoms with Crippen LogP contribution in [0.5, 0.6) is 0 Å². The smallest absolute Gasteiger partial charge is 0.295 e. The van der Waals surface area contributed by atoms with Gasteiger partial charge in [0, 0.05) is 10.0 Å². The second kappa shape index (κ2) is 5.03. The Bertz CT molecular complexity index is 339. The number of alkyl halides is 2. The second-order valence-corrected chi connectivity index (χ2v) is 4.27. The molecule has 4 heteroatoms. The van der Waals surface area contributed by atoms with Crippen molar-refractivity contribution in [2.24, 2.45) is 0 Å². The summed E-state index contributed by atoms with van der Waals surface area (Å²) in [5.74, 6) is -3.16. The molecule has 0 aromatic heterocycles. The fourth-order valence-electron chi connectivity index (χ4n) is 1.34. The van der Waals surface area contributed by atoms with Gasteiger partial charge in [-0.3, -0.25) is 0 Å². The summed E-state index contributed by atoms with van der Waals surface area (Å²) in [5, 5.41) is 8.55. The molecule has 0 heterocycles. The van der Waals surface area contributed by atoms with Crippen LogP contribution in [0.1, 0.15) is 24.5 Å². The maximum absolute atomic E-state index is 13.1. The van der Waals surface area contributed by atoms with Crippen LogP contribution < -0.4 is 0 Å². The van der Waals surface area contributed by atoms with Crippen molar-refractivity contribution >= 4 is 15.9 Å². The molecule has 0 aliphatic rings. The number of hydrogen-bond acceptors (Lipinski definition) is 1. The molecule has 0 aliphatic heterocycles. The zero-order valence-corrected chi connectivity index (χ0v) is 10.0. The van der Waals surface area contributed by atoms with E-state index < -0.39 is 12.5 Å². The van der Waals surface area contributed by atoms with Crippen molar-refractivity contribution < 1.29 is 13.9 Å². The molecule has 0 atom stereocenters. The van der Waals surface area contributed by atoms with E-state index in [1.54, 1.807) is 6.07 Å². The Balaban J connectivity index is 3.01. The van der Waals surface area contributed by atoms with Crippen LogP contribution in [0.2, 0.25) is 0 Å². The monoisotopic (exact) mass is 278 g/mol. The van der Waals surface area contributed by atoms with Crippen molar-refractivity contribution in [3.8, 4) is 0 Å². The van der Waals surface area contributed by atoms with Gasteiger partial charge in [0.25, 0.3) is 5.92 Å². The van der Waals surface area contributed by atoms with Crippen LogP contribution >= 0.6 is 15.9 Å². The number of halogens is 3. The normalized spacial score (nSPS) is 11.8. The highest BCUT2D eigenvalue weighted by Gasteiger charge is 2.30. The summed E-state index contributed by atoms with van der Waals surface area (Å²) in [6.07, 6.45) is 1.82. The van der Waals surface area contributed by atoms with Crippen LogP contribution in [-0.4, -0.2) is 11.7 Å². The van der Waals surface area contributed by atoms with Gasteiger partial charge in [-0.15, -0.1) is 0 Å². The fourth-order valence-corrected chi connectivity index (χ4v) is 1.92. The third kappa shape index (κ3) is 2.98. The number of rotatable bonds is 4. The lowest BCUT2D eigenvalue weighted by atomic mass is 10.0. The predicted molar refractivity (Wildman–Crippen MR) is 59.1 cm³/mol. The first kappa shape index (κ1) is 12.6. The van der Waals surface area contributed by atoms with Crippen molar-refractivity contribution in [2.75, 3.05) is 6.61 Å². The highest BCUT2D eigenvalue weighted by Crippen LogP contribution is 2.30. The molecule has 0 fully saturated rings. The van der Waals surface area contributed by atoms with E-state index in [0.29, 0.717) is 4.47 Å². The topological polar surface area (TPSA) is 20.2 Å².